The predicted molar refractivity (Wildman–Crippen MR) is 493 cm³/mol. The fraction of sp³-hybridized carbons (Fsp3) is 0.611. The first kappa shape index (κ1) is 108. The van der Waals surface area contributed by atoms with Crippen LogP contribution >= 0.6 is 34.8 Å². The van der Waals surface area contributed by atoms with Crippen LogP contribution in [0.5, 0.6) is 0 Å². The number of phosphoric acid groups is 1. The van der Waals surface area contributed by atoms with Gasteiger partial charge in [-0.3, -0.25) is 65.9 Å². The van der Waals surface area contributed by atoms with Crippen LogP contribution in [0.15, 0.2) is 68.0 Å². The molecule has 6 aliphatic rings. The van der Waals surface area contributed by atoms with Crippen molar-refractivity contribution in [2.45, 2.75) is 169 Å². The van der Waals surface area contributed by atoms with E-state index in [0.29, 0.717) is 5.56 Å². The molecule has 0 aromatic carbocycles. The SMILES string of the molecule is COCCOC1[C@@H](O)[C@@H](COP([O-])(=S)O[C@@H]2C(OCCOC)[C@H](n3cc(C)c(N)nc3=O)O[C@@H]2COP([O-])(=S)O[C@@H]2C(OCCOC)[C@H](n3cnc4c(=O)[nH]c(N)nc43)O[C@@H]2COP(=O)([O-])O[C@@H]2C(OCCOC)[C@H](n3cnc4c(N)ncnc43)O[C@@H]2COP(=O)([S-])O[C@@H]2C[C@H](n3cnc4c(=O)[nH]c(N)nc43)O[C@@H]2COP([O-])(=S)O[C@@H]2C[C@H](n3cnc4c(=O)[nH]c(N)nc43)O[C@@H]2C)O[C@H]1n1cc(C)c(N)nc1=O. The normalized spacial score (nSPS) is 29.0. The third-order valence-electron chi connectivity index (χ3n) is 23.1. The second-order valence-corrected chi connectivity index (χ2v) is 44.8. The van der Waals surface area contributed by atoms with Gasteiger partial charge in [0.1, 0.15) is 135 Å². The summed E-state index contributed by atoms with van der Waals surface area (Å²) in [6, 6.07) is 0. The maximum atomic E-state index is 15.6. The van der Waals surface area contributed by atoms with E-state index in [1.165, 1.54) is 80.4 Å². The molecule has 0 aliphatic carbocycles. The third-order valence-corrected chi connectivity index (χ3v) is 30.3. The Labute approximate surface area is 825 Å². The summed E-state index contributed by atoms with van der Waals surface area (Å²) in [4.78, 5) is 180. The lowest BCUT2D eigenvalue weighted by Crippen LogP contribution is -2.42. The van der Waals surface area contributed by atoms with E-state index in [4.69, 9.17) is 194 Å². The Kier molecular flexibility index (Phi) is 33.9. The molecule has 0 spiro atoms. The molecule has 0 bridgehead atoms. The average Bonchev–Trinajstić information content (AvgIpc) is 1.62. The van der Waals surface area contributed by atoms with Crippen LogP contribution in [0, 0.1) is 13.8 Å². The van der Waals surface area contributed by atoms with Gasteiger partial charge in [-0.15, -0.1) is 0 Å². The van der Waals surface area contributed by atoms with Gasteiger partial charge in [-0.2, -0.15) is 24.9 Å². The first-order valence-electron chi connectivity index (χ1n) is 43.1. The lowest BCUT2D eigenvalue weighted by molar-refractivity contribution is -0.237. The van der Waals surface area contributed by atoms with E-state index in [2.05, 4.69) is 69.8 Å². The molecule has 62 nitrogen and oxygen atoms in total. The number of hydrogen-bond acceptors (Lipinski definition) is 57. The van der Waals surface area contributed by atoms with Crippen molar-refractivity contribution in [3.63, 3.8) is 0 Å². The van der Waals surface area contributed by atoms with Crippen molar-refractivity contribution in [3.8, 4) is 0 Å². The minimum Gasteiger partial charge on any atom is -0.780 e. The second kappa shape index (κ2) is 45.1. The number of aryl methyl sites for hydroxylation is 2. The van der Waals surface area contributed by atoms with Gasteiger partial charge >= 0.3 is 11.4 Å². The zero-order chi connectivity index (χ0) is 102. The fourth-order valence-corrected chi connectivity index (χ4v) is 23.2. The number of aliphatic hydroxyl groups excluding tert-OH is 1. The minimum absolute atomic E-state index is 0.0150. The molecule has 9 unspecified atom stereocenters. The Balaban J connectivity index is 0.678. The van der Waals surface area contributed by atoms with Crippen LogP contribution in [0.25, 0.3) is 44.7 Å². The maximum absolute atomic E-state index is 15.6. The Hall–Kier alpha value is -8.24. The number of aromatic amines is 3. The van der Waals surface area contributed by atoms with Crippen LogP contribution in [0.1, 0.15) is 68.3 Å². The standard InChI is InChI=1S/C72H101N26O36P5S4/c1-30-18-93(71(103)85-54(30)73)64-50(115-12-8-111-4)46(99)36(126-64)21-121-138(109,142)134-49-39(127-65(52(49)117-14-10-113-6)94-19-31(2)55(74)86-72(94)104)24-123-139(110,143)133-48-37(128-67(53(48)118-15-11-114-7)98-29-84-45-60(98)89-70(78)92-63(45)102)22-119-135(105,106)132-47-38(129-66(51(47)116-13-9-112-5)97-28-81-42-56(75)79-25-80-57(42)97)23-122-137(108,141)131-34-17-41(96-27-83-44-59(96)88-69(77)91-62(44)101)125-35(34)20-120-136(107,140)130-33-16-40(124-32(33)3)95-26-82-43-58(95)87-68(76)90-61(43)100/h18-19,25-29,32-41,46-53,64-67,99H,8-17,20-24H2,1-7H3,(H,105,106)(H,107,140)(H,108,141)(H,109,142)(H,110,143)(H2,73,85,103)(H2,74,86,104)(H2,75,79,80)(H3,76,87,90,100)(H3,77,88,91,101)(H3,78,89,92,102)/p-5/t32-,33-,34-,35-,36-,37-,38-,39-,40-,41-,46+,47+,48+,49+,50?,51?,52?,53?,64-,65-,66-,67-,136?,137?,138?,139?/m1/s1. The van der Waals surface area contributed by atoms with E-state index in [1.54, 1.807) is 13.8 Å². The highest BCUT2D eigenvalue weighted by Crippen LogP contribution is 2.56. The van der Waals surface area contributed by atoms with Gasteiger partial charge in [-0.05, 0) is 20.8 Å². The van der Waals surface area contributed by atoms with Crippen molar-refractivity contribution < 1.29 is 145 Å². The van der Waals surface area contributed by atoms with Crippen LogP contribution < -0.4 is 82.0 Å². The van der Waals surface area contributed by atoms with Crippen molar-refractivity contribution in [3.05, 3.63) is 107 Å². The summed E-state index contributed by atoms with van der Waals surface area (Å²) in [6.45, 7) is -22.1. The Morgan fingerprint density at radius 1 is 0.420 bits per heavy atom. The van der Waals surface area contributed by atoms with Crippen molar-refractivity contribution in [1.29, 1.82) is 0 Å². The molecule has 0 radical (unpaired) electrons. The van der Waals surface area contributed by atoms with Gasteiger partial charge in [0.25, 0.3) is 24.5 Å². The quantitative estimate of drug-likeness (QED) is 0.00975. The zero-order valence-corrected chi connectivity index (χ0v) is 83.8. The number of phosphoric ester groups is 1. The molecule has 71 heteroatoms. The van der Waals surface area contributed by atoms with Crippen LogP contribution in [0.4, 0.5) is 35.3 Å². The number of hydrogen-bond donors (Lipinski definition) is 10. The molecule has 27 atom stereocenters. The molecule has 10 aromatic heterocycles. The zero-order valence-electron chi connectivity index (χ0n) is 76.0. The van der Waals surface area contributed by atoms with Gasteiger partial charge < -0.3 is 183 Å². The first-order valence-corrected chi connectivity index (χ1v) is 54.7. The lowest BCUT2D eigenvalue weighted by Gasteiger charge is -2.37. The molecule has 0 amide bonds. The summed E-state index contributed by atoms with van der Waals surface area (Å²) in [5.74, 6) is -1.36. The number of nitrogen functional groups attached to an aromatic ring is 6. The number of methoxy groups -OCH3 is 4. The van der Waals surface area contributed by atoms with Gasteiger partial charge in [-0.25, -0.2) is 39.5 Å². The molecule has 16 rings (SSSR count). The summed E-state index contributed by atoms with van der Waals surface area (Å²) in [5, 5.41) is 11.8. The van der Waals surface area contributed by atoms with Crippen molar-refractivity contribution >= 4 is 162 Å². The molecule has 6 saturated heterocycles. The molecule has 6 aliphatic heterocycles. The van der Waals surface area contributed by atoms with Gasteiger partial charge in [0.05, 0.1) is 130 Å². The Morgan fingerprint density at radius 3 is 1.27 bits per heavy atom. The van der Waals surface area contributed by atoms with E-state index in [-0.39, 0.29) is 145 Å². The van der Waals surface area contributed by atoms with Crippen molar-refractivity contribution in [2.75, 3.05) is 149 Å². The molecule has 143 heavy (non-hydrogen) atoms. The van der Waals surface area contributed by atoms with Gasteiger partial charge in [0, 0.05) is 64.8 Å². The van der Waals surface area contributed by atoms with Crippen LogP contribution in [-0.4, -0.2) is 314 Å². The van der Waals surface area contributed by atoms with Crippen LogP contribution in [0.2, 0.25) is 0 Å². The van der Waals surface area contributed by atoms with E-state index >= 15 is 18.9 Å². The average molecular weight is 2180 g/mol. The van der Waals surface area contributed by atoms with E-state index in [9.17, 15) is 38.9 Å². The summed E-state index contributed by atoms with van der Waals surface area (Å²) >= 11 is 22.3. The van der Waals surface area contributed by atoms with Gasteiger partial charge in [0.15, 0.2) is 76.7 Å². The molecule has 0 saturated carbocycles. The first-order chi connectivity index (χ1) is 68.0. The topological polar surface area (TPSA) is 828 Å². The predicted octanol–water partition coefficient (Wildman–Crippen LogP) is -4.59. The number of rotatable bonds is 47. The number of aromatic nitrogens is 20. The number of ether oxygens (including phenoxy) is 14. The monoisotopic (exact) mass is 2180 g/mol. The highest BCUT2D eigenvalue weighted by atomic mass is 32.7. The molecule has 6 fully saturated rings. The smallest absolute Gasteiger partial charge is 0.351 e. The molecule has 16 N–H and O–H groups in total. The van der Waals surface area contributed by atoms with Gasteiger partial charge in [0.2, 0.25) is 17.8 Å². The van der Waals surface area contributed by atoms with E-state index < -0.39 is 237 Å². The number of nitrogens with zero attached hydrogens (tertiary/aromatic N) is 17. The van der Waals surface area contributed by atoms with E-state index in [0.717, 1.165) is 26.4 Å². The fourth-order valence-electron chi connectivity index (χ4n) is 16.4. The number of anilines is 6. The highest BCUT2D eigenvalue weighted by molar-refractivity contribution is 8.32. The van der Waals surface area contributed by atoms with Crippen molar-refractivity contribution in [2.24, 2.45) is 0 Å². The lowest BCUT2D eigenvalue weighted by atomic mass is 10.1. The summed E-state index contributed by atoms with van der Waals surface area (Å²) in [5.41, 5.74) is 31.8. The molecular weight excluding hydrogens is 2090 g/mol. The summed E-state index contributed by atoms with van der Waals surface area (Å²) < 4.78 is 182. The number of fused-ring (bicyclic) bond motifs is 4. The Bertz CT molecular complexity index is 6830. The van der Waals surface area contributed by atoms with Crippen LogP contribution in [0.3, 0.4) is 0 Å². The number of nitrogens with one attached hydrogen (secondary N) is 3. The Morgan fingerprint density at radius 2 is 0.790 bits per heavy atom. The minimum atomic E-state index is -6.12. The molecule has 16 heterocycles. The second-order valence-electron chi connectivity index (χ2n) is 32.6. The molecular formula is C72H96N26O36P5S4-5. The number of nitrogens with two attached hydrogens (primary N) is 6. The largest absolute Gasteiger partial charge is 0.780 e. The van der Waals surface area contributed by atoms with Gasteiger partial charge in [-0.1, -0.05) is 35.4 Å². The van der Waals surface area contributed by atoms with Crippen molar-refractivity contribution in [1.82, 2.24) is 97.2 Å². The van der Waals surface area contributed by atoms with Crippen LogP contribution in [-0.2, 0) is 168 Å². The number of imidazole rings is 4. The molecule has 784 valence electrons. The summed E-state index contributed by atoms with van der Waals surface area (Å²) in [7, 11) is -0.740. The number of aliphatic hydroxyl groups is 1. The summed E-state index contributed by atoms with van der Waals surface area (Å²) in [6.07, 6.45) is -26.4. The molecule has 10 aromatic rings. The highest BCUT2D eigenvalue weighted by Gasteiger charge is 2.56. The third kappa shape index (κ3) is 24.4. The van der Waals surface area contributed by atoms with E-state index in [1.807, 2.05) is 0 Å². The number of H-pyrrole nitrogens is 3. The maximum Gasteiger partial charge on any atom is 0.351 e.